The average Bonchev–Trinajstić information content (AvgIpc) is 2.63. The van der Waals surface area contributed by atoms with Crippen LogP contribution in [0.4, 0.5) is 5.69 Å². The molecule has 1 atom stereocenters. The van der Waals surface area contributed by atoms with Crippen molar-refractivity contribution in [1.29, 1.82) is 0 Å². The van der Waals surface area contributed by atoms with Gasteiger partial charge in [0.05, 0.1) is 20.3 Å². The van der Waals surface area contributed by atoms with Crippen LogP contribution in [0.15, 0.2) is 24.3 Å². The molecule has 140 valence electrons. The summed E-state index contributed by atoms with van der Waals surface area (Å²) in [4.78, 5) is 12.7. The summed E-state index contributed by atoms with van der Waals surface area (Å²) in [5.41, 5.74) is 7.51. The van der Waals surface area contributed by atoms with E-state index in [1.165, 1.54) is 39.9 Å². The van der Waals surface area contributed by atoms with E-state index < -0.39 is 0 Å². The molecule has 0 saturated heterocycles. The summed E-state index contributed by atoms with van der Waals surface area (Å²) < 4.78 is 5.53. The lowest BCUT2D eigenvalue weighted by Gasteiger charge is -2.36. The average molecular weight is 355 g/mol. The van der Waals surface area contributed by atoms with Gasteiger partial charge in [0.2, 0.25) is 0 Å². The number of benzene rings is 2. The lowest BCUT2D eigenvalue weighted by molar-refractivity contribution is -0.178. The molecule has 0 fully saturated rings. The first-order valence-electron chi connectivity index (χ1n) is 9.19. The van der Waals surface area contributed by atoms with Crippen LogP contribution in [0, 0.1) is 20.8 Å². The SMILES string of the molecule is COOc1ccc2c(c1C)C(N(C)c1cc(C)c(OC)c(C)c1)CCC2. The number of rotatable bonds is 5. The van der Waals surface area contributed by atoms with Crippen molar-refractivity contribution < 1.29 is 14.5 Å². The predicted octanol–water partition coefficient (Wildman–Crippen LogP) is 5.07. The first kappa shape index (κ1) is 18.6. The molecule has 1 aliphatic rings. The van der Waals surface area contributed by atoms with Crippen molar-refractivity contribution in [2.75, 3.05) is 26.2 Å². The minimum atomic E-state index is 0.325. The van der Waals surface area contributed by atoms with E-state index in [1.54, 1.807) is 14.2 Å². The van der Waals surface area contributed by atoms with Gasteiger partial charge in [-0.05, 0) is 80.5 Å². The molecular formula is C22H29NO3. The molecule has 0 aliphatic heterocycles. The molecule has 0 amide bonds. The number of nitrogens with zero attached hydrogens (tertiary/aromatic N) is 1. The zero-order chi connectivity index (χ0) is 18.8. The summed E-state index contributed by atoms with van der Waals surface area (Å²) in [6.07, 6.45) is 3.44. The van der Waals surface area contributed by atoms with E-state index in [1.807, 2.05) is 6.07 Å². The fourth-order valence-electron chi connectivity index (χ4n) is 4.28. The van der Waals surface area contributed by atoms with E-state index >= 15 is 0 Å². The number of hydrogen-bond acceptors (Lipinski definition) is 4. The van der Waals surface area contributed by atoms with Crippen molar-refractivity contribution in [2.45, 2.75) is 46.1 Å². The molecule has 4 nitrogen and oxygen atoms in total. The van der Waals surface area contributed by atoms with Crippen LogP contribution in [0.5, 0.6) is 11.5 Å². The van der Waals surface area contributed by atoms with Crippen LogP contribution in [0.2, 0.25) is 0 Å². The van der Waals surface area contributed by atoms with E-state index in [0.717, 1.165) is 24.3 Å². The molecule has 4 heteroatoms. The van der Waals surface area contributed by atoms with Crippen molar-refractivity contribution in [1.82, 2.24) is 0 Å². The van der Waals surface area contributed by atoms with Gasteiger partial charge in [-0.2, -0.15) is 4.89 Å². The van der Waals surface area contributed by atoms with Gasteiger partial charge in [-0.15, -0.1) is 0 Å². The van der Waals surface area contributed by atoms with E-state index in [-0.39, 0.29) is 0 Å². The zero-order valence-electron chi connectivity index (χ0n) is 16.7. The Bertz CT molecular complexity index is 777. The molecule has 3 rings (SSSR count). The van der Waals surface area contributed by atoms with Crippen LogP contribution >= 0.6 is 0 Å². The number of fused-ring (bicyclic) bond motifs is 1. The lowest BCUT2D eigenvalue weighted by atomic mass is 9.83. The highest BCUT2D eigenvalue weighted by Gasteiger charge is 2.28. The Balaban J connectivity index is 2.03. The fourth-order valence-corrected chi connectivity index (χ4v) is 4.28. The van der Waals surface area contributed by atoms with Crippen LogP contribution in [0.25, 0.3) is 0 Å². The van der Waals surface area contributed by atoms with Gasteiger partial charge in [0.25, 0.3) is 0 Å². The second kappa shape index (κ2) is 7.58. The molecule has 0 aromatic heterocycles. The summed E-state index contributed by atoms with van der Waals surface area (Å²) in [6, 6.07) is 8.95. The number of aryl methyl sites for hydroxylation is 3. The van der Waals surface area contributed by atoms with E-state index in [9.17, 15) is 0 Å². The topological polar surface area (TPSA) is 30.9 Å². The molecule has 0 heterocycles. The van der Waals surface area contributed by atoms with Gasteiger partial charge in [-0.1, -0.05) is 6.07 Å². The molecule has 0 spiro atoms. The molecule has 1 unspecified atom stereocenters. The van der Waals surface area contributed by atoms with Gasteiger partial charge in [-0.25, -0.2) is 0 Å². The Hall–Kier alpha value is -2.20. The van der Waals surface area contributed by atoms with Gasteiger partial charge >= 0.3 is 0 Å². The number of ether oxygens (including phenoxy) is 1. The summed E-state index contributed by atoms with van der Waals surface area (Å²) in [6.45, 7) is 6.34. The third kappa shape index (κ3) is 3.26. The highest BCUT2D eigenvalue weighted by molar-refractivity contribution is 5.59. The Morgan fingerprint density at radius 3 is 2.35 bits per heavy atom. The van der Waals surface area contributed by atoms with Gasteiger partial charge < -0.3 is 14.5 Å². The van der Waals surface area contributed by atoms with Gasteiger partial charge in [0.1, 0.15) is 5.75 Å². The first-order chi connectivity index (χ1) is 12.5. The number of hydrogen-bond donors (Lipinski definition) is 0. The van der Waals surface area contributed by atoms with Crippen molar-refractivity contribution in [3.63, 3.8) is 0 Å². The molecule has 0 bridgehead atoms. The first-order valence-corrected chi connectivity index (χ1v) is 9.19. The smallest absolute Gasteiger partial charge is 0.168 e. The highest BCUT2D eigenvalue weighted by atomic mass is 17.2. The number of anilines is 1. The van der Waals surface area contributed by atoms with Crippen LogP contribution in [-0.2, 0) is 11.3 Å². The maximum Gasteiger partial charge on any atom is 0.168 e. The van der Waals surface area contributed by atoms with E-state index in [0.29, 0.717) is 6.04 Å². The molecule has 2 aromatic carbocycles. The maximum absolute atomic E-state index is 5.53. The van der Waals surface area contributed by atoms with Crippen molar-refractivity contribution in [3.8, 4) is 11.5 Å². The second-order valence-electron chi connectivity index (χ2n) is 7.14. The van der Waals surface area contributed by atoms with E-state index in [4.69, 9.17) is 14.5 Å². The molecule has 0 radical (unpaired) electrons. The number of methoxy groups -OCH3 is 1. The second-order valence-corrected chi connectivity index (χ2v) is 7.14. The third-order valence-electron chi connectivity index (χ3n) is 5.51. The van der Waals surface area contributed by atoms with Gasteiger partial charge in [0.15, 0.2) is 5.75 Å². The molecule has 0 N–H and O–H groups in total. The normalized spacial score (nSPS) is 16.2. The quantitative estimate of drug-likeness (QED) is 0.553. The van der Waals surface area contributed by atoms with Crippen molar-refractivity contribution in [2.24, 2.45) is 0 Å². The third-order valence-corrected chi connectivity index (χ3v) is 5.51. The molecule has 0 saturated carbocycles. The molecular weight excluding hydrogens is 326 g/mol. The summed E-state index contributed by atoms with van der Waals surface area (Å²) >= 11 is 0. The summed E-state index contributed by atoms with van der Waals surface area (Å²) in [5, 5.41) is 0. The fraction of sp³-hybridized carbons (Fsp3) is 0.455. The van der Waals surface area contributed by atoms with Crippen LogP contribution in [0.3, 0.4) is 0 Å². The Kier molecular flexibility index (Phi) is 5.42. The minimum Gasteiger partial charge on any atom is -0.496 e. The van der Waals surface area contributed by atoms with Crippen molar-refractivity contribution >= 4 is 5.69 Å². The minimum absolute atomic E-state index is 0.325. The predicted molar refractivity (Wildman–Crippen MR) is 105 cm³/mol. The van der Waals surface area contributed by atoms with Gasteiger partial charge in [-0.3, -0.25) is 0 Å². The summed E-state index contributed by atoms with van der Waals surface area (Å²) in [5.74, 6) is 1.77. The monoisotopic (exact) mass is 355 g/mol. The maximum atomic E-state index is 5.53. The van der Waals surface area contributed by atoms with Crippen molar-refractivity contribution in [3.05, 3.63) is 52.1 Å². The highest BCUT2D eigenvalue weighted by Crippen LogP contribution is 2.41. The molecule has 26 heavy (non-hydrogen) atoms. The summed E-state index contributed by atoms with van der Waals surface area (Å²) in [7, 11) is 5.46. The van der Waals surface area contributed by atoms with Gasteiger partial charge in [0, 0.05) is 18.3 Å². The Morgan fingerprint density at radius 1 is 1.04 bits per heavy atom. The Labute approximate surface area is 156 Å². The zero-order valence-corrected chi connectivity index (χ0v) is 16.7. The van der Waals surface area contributed by atoms with Crippen LogP contribution in [0.1, 0.15) is 46.7 Å². The van der Waals surface area contributed by atoms with E-state index in [2.05, 4.69) is 50.9 Å². The van der Waals surface area contributed by atoms with Crippen LogP contribution < -0.4 is 14.5 Å². The lowest BCUT2D eigenvalue weighted by Crippen LogP contribution is -2.28. The molecule has 2 aromatic rings. The Morgan fingerprint density at radius 2 is 1.73 bits per heavy atom. The largest absolute Gasteiger partial charge is 0.496 e. The van der Waals surface area contributed by atoms with Crippen LogP contribution in [-0.4, -0.2) is 21.3 Å². The standard InChI is InChI=1S/C22H29NO3/c1-14-12-18(13-15(2)22(14)24-5)23(4)19-9-7-8-17-10-11-20(26-25-6)16(3)21(17)19/h10-13,19H,7-9H2,1-6H3. The molecule has 1 aliphatic carbocycles.